The number of aromatic nitrogens is 2. The summed E-state index contributed by atoms with van der Waals surface area (Å²) < 4.78 is 100. The van der Waals surface area contributed by atoms with E-state index in [0.29, 0.717) is 12.0 Å². The maximum absolute atomic E-state index is 14.1. The lowest BCUT2D eigenvalue weighted by molar-refractivity contribution is 0.346. The van der Waals surface area contributed by atoms with E-state index >= 15 is 0 Å². The molecule has 0 saturated heterocycles. The van der Waals surface area contributed by atoms with Crippen LogP contribution in [0.2, 0.25) is 0 Å². The number of hydrogen-bond acceptors (Lipinski definition) is 4. The van der Waals surface area contributed by atoms with E-state index in [4.69, 9.17) is 0 Å². The predicted molar refractivity (Wildman–Crippen MR) is 139 cm³/mol. The van der Waals surface area contributed by atoms with Gasteiger partial charge < -0.3 is 4.18 Å². The molecule has 40 heavy (non-hydrogen) atoms. The van der Waals surface area contributed by atoms with E-state index in [0.717, 1.165) is 39.6 Å². The lowest BCUT2D eigenvalue weighted by atomic mass is 9.83. The summed E-state index contributed by atoms with van der Waals surface area (Å²) in [7, 11) is -3.12. The summed E-state index contributed by atoms with van der Waals surface area (Å²) in [6.45, 7) is 6.32. The van der Waals surface area contributed by atoms with Gasteiger partial charge >= 0.3 is 10.1 Å². The molecule has 0 aliphatic heterocycles. The van der Waals surface area contributed by atoms with Crippen LogP contribution in [0.3, 0.4) is 0 Å². The van der Waals surface area contributed by atoms with Crippen LogP contribution in [0, 0.1) is 29.1 Å². The first-order valence-electron chi connectivity index (χ1n) is 12.1. The Bertz CT molecular complexity index is 1790. The third-order valence-corrected chi connectivity index (χ3v) is 8.03. The van der Waals surface area contributed by atoms with Crippen molar-refractivity contribution in [1.82, 2.24) is 9.78 Å². The van der Waals surface area contributed by atoms with E-state index in [2.05, 4.69) is 36.1 Å². The van der Waals surface area contributed by atoms with Gasteiger partial charge in [0.25, 0.3) is 0 Å². The number of halogens is 5. The third kappa shape index (κ3) is 4.57. The van der Waals surface area contributed by atoms with E-state index in [1.165, 1.54) is 12.1 Å². The van der Waals surface area contributed by atoms with Crippen LogP contribution in [0.1, 0.15) is 43.0 Å². The van der Waals surface area contributed by atoms with Gasteiger partial charge in [-0.15, -0.1) is 0 Å². The average molecular weight is 575 g/mol. The average Bonchev–Trinajstić information content (AvgIpc) is 3.53. The highest BCUT2D eigenvalue weighted by Crippen LogP contribution is 2.41. The molecule has 3 aromatic carbocycles. The van der Waals surface area contributed by atoms with Crippen molar-refractivity contribution < 1.29 is 34.6 Å². The summed E-state index contributed by atoms with van der Waals surface area (Å²) in [6.07, 6.45) is 3.96. The number of rotatable bonds is 5. The highest BCUT2D eigenvalue weighted by molar-refractivity contribution is 7.87. The van der Waals surface area contributed by atoms with Crippen molar-refractivity contribution in [3.05, 3.63) is 106 Å². The van der Waals surface area contributed by atoms with Gasteiger partial charge in [0.15, 0.2) is 0 Å². The molecule has 0 radical (unpaired) electrons. The molecule has 4 aromatic rings. The molecule has 1 aliphatic rings. The Hall–Kier alpha value is -3.99. The molecule has 0 N–H and O–H groups in total. The van der Waals surface area contributed by atoms with Crippen molar-refractivity contribution in [3.8, 4) is 17.0 Å². The summed E-state index contributed by atoms with van der Waals surface area (Å²) in [6, 6.07) is 12.0. The maximum atomic E-state index is 14.1. The number of allylic oxidation sites excluding steroid dienone is 1. The molecule has 11 heteroatoms. The Morgan fingerprint density at radius 1 is 0.825 bits per heavy atom. The molecule has 0 spiro atoms. The SMILES string of the molecule is Cn1nccc1-c1cc(C(C)(C)C)ccc1C1=CCc2cc(S(=O)(=O)Oc3c(F)c(F)c(F)c(F)c3F)ccc21. The molecule has 0 fully saturated rings. The van der Waals surface area contributed by atoms with Crippen molar-refractivity contribution in [2.75, 3.05) is 0 Å². The number of fused-ring (bicyclic) bond motifs is 1. The van der Waals surface area contributed by atoms with Crippen molar-refractivity contribution in [2.24, 2.45) is 7.05 Å². The summed E-state index contributed by atoms with van der Waals surface area (Å²) in [5, 5.41) is 4.29. The Balaban J connectivity index is 1.54. The monoisotopic (exact) mass is 574 g/mol. The highest BCUT2D eigenvalue weighted by Gasteiger charge is 2.32. The second-order valence-electron chi connectivity index (χ2n) is 10.4. The molecule has 0 saturated carbocycles. The van der Waals surface area contributed by atoms with Crippen LogP contribution in [0.15, 0.2) is 59.6 Å². The second-order valence-corrected chi connectivity index (χ2v) is 12.0. The Morgan fingerprint density at radius 2 is 1.45 bits per heavy atom. The Morgan fingerprint density at radius 3 is 2.05 bits per heavy atom. The molecule has 208 valence electrons. The summed E-state index contributed by atoms with van der Waals surface area (Å²) in [5.74, 6) is -13.7. The van der Waals surface area contributed by atoms with Crippen LogP contribution in [0.5, 0.6) is 5.75 Å². The molecule has 5 rings (SSSR count). The van der Waals surface area contributed by atoms with Crippen molar-refractivity contribution in [3.63, 3.8) is 0 Å². The summed E-state index contributed by atoms with van der Waals surface area (Å²) in [5.41, 5.74) is 5.84. The van der Waals surface area contributed by atoms with E-state index in [-0.39, 0.29) is 5.41 Å². The largest absolute Gasteiger partial charge is 0.372 e. The molecular formula is C29H23F5N2O3S. The lowest BCUT2D eigenvalue weighted by Gasteiger charge is -2.22. The zero-order valence-corrected chi connectivity index (χ0v) is 22.6. The van der Waals surface area contributed by atoms with Crippen LogP contribution in [-0.2, 0) is 29.0 Å². The zero-order valence-electron chi connectivity index (χ0n) is 21.8. The molecule has 0 unspecified atom stereocenters. The summed E-state index contributed by atoms with van der Waals surface area (Å²) >= 11 is 0. The van der Waals surface area contributed by atoms with Crippen LogP contribution in [0.25, 0.3) is 16.8 Å². The first kappa shape index (κ1) is 27.6. The fourth-order valence-electron chi connectivity index (χ4n) is 4.65. The quantitative estimate of drug-likeness (QED) is 0.113. The fourth-order valence-corrected chi connectivity index (χ4v) is 5.63. The molecule has 1 aromatic heterocycles. The van der Waals surface area contributed by atoms with Crippen molar-refractivity contribution >= 4 is 15.7 Å². The summed E-state index contributed by atoms with van der Waals surface area (Å²) in [4.78, 5) is -0.500. The molecule has 1 aliphatic carbocycles. The predicted octanol–water partition coefficient (Wildman–Crippen LogP) is 6.84. The van der Waals surface area contributed by atoms with Gasteiger partial charge in [-0.05, 0) is 63.9 Å². The minimum Gasteiger partial charge on any atom is -0.372 e. The van der Waals surface area contributed by atoms with Gasteiger partial charge in [-0.2, -0.15) is 22.3 Å². The first-order valence-corrected chi connectivity index (χ1v) is 13.5. The number of nitrogens with zero attached hydrogens (tertiary/aromatic N) is 2. The van der Waals surface area contributed by atoms with E-state index in [1.54, 1.807) is 10.9 Å². The standard InChI is InChI=1S/C29H23F5N2O3S/c1-29(2,3)16-6-9-20(21(14-16)22-11-12-35-36(22)4)19-8-5-15-13-17(7-10-18(15)19)40(37,38)39-28-26(33)24(31)23(30)25(32)27(28)34/h6-14H,5H2,1-4H3. The van der Waals surface area contributed by atoms with Crippen LogP contribution in [0.4, 0.5) is 22.0 Å². The van der Waals surface area contributed by atoms with Crippen molar-refractivity contribution in [1.29, 1.82) is 0 Å². The Kier molecular flexibility index (Phi) is 6.60. The number of hydrogen-bond donors (Lipinski definition) is 0. The maximum Gasteiger partial charge on any atom is 0.339 e. The molecule has 0 amide bonds. The number of aryl methyl sites for hydroxylation is 1. The van der Waals surface area contributed by atoms with Crippen LogP contribution >= 0.6 is 0 Å². The van der Waals surface area contributed by atoms with Crippen LogP contribution < -0.4 is 4.18 Å². The minimum atomic E-state index is -4.95. The molecule has 5 nitrogen and oxygen atoms in total. The van der Waals surface area contributed by atoms with Gasteiger partial charge in [0.1, 0.15) is 4.90 Å². The van der Waals surface area contributed by atoms with Crippen LogP contribution in [-0.4, -0.2) is 18.2 Å². The van der Waals surface area contributed by atoms with Gasteiger partial charge in [-0.3, -0.25) is 4.68 Å². The number of benzene rings is 3. The van der Waals surface area contributed by atoms with Gasteiger partial charge in [0.05, 0.1) is 5.69 Å². The van der Waals surface area contributed by atoms with E-state index in [1.807, 2.05) is 31.3 Å². The highest BCUT2D eigenvalue weighted by atomic mass is 32.2. The van der Waals surface area contributed by atoms with E-state index in [9.17, 15) is 30.4 Å². The normalized spacial score (nSPS) is 13.4. The third-order valence-electron chi connectivity index (χ3n) is 6.82. The van der Waals surface area contributed by atoms with Gasteiger partial charge in [-0.25, -0.2) is 13.2 Å². The van der Waals surface area contributed by atoms with E-state index < -0.39 is 49.8 Å². The molecule has 0 bridgehead atoms. The molecular weight excluding hydrogens is 551 g/mol. The lowest BCUT2D eigenvalue weighted by Crippen LogP contribution is -2.15. The van der Waals surface area contributed by atoms with Gasteiger partial charge in [0, 0.05) is 18.8 Å². The fraction of sp³-hybridized carbons (Fsp3) is 0.207. The smallest absolute Gasteiger partial charge is 0.339 e. The minimum absolute atomic E-state index is 0.119. The Labute approximate surface area is 227 Å². The first-order chi connectivity index (χ1) is 18.7. The second kappa shape index (κ2) is 9.58. The van der Waals surface area contributed by atoms with Gasteiger partial charge in [0.2, 0.25) is 34.8 Å². The zero-order chi connectivity index (χ0) is 29.1. The topological polar surface area (TPSA) is 61.2 Å². The van der Waals surface area contributed by atoms with Crippen molar-refractivity contribution in [2.45, 2.75) is 37.5 Å². The molecule has 1 heterocycles. The van der Waals surface area contributed by atoms with Gasteiger partial charge in [-0.1, -0.05) is 45.0 Å². The molecule has 0 atom stereocenters.